The van der Waals surface area contributed by atoms with Crippen LogP contribution in [0.5, 0.6) is 0 Å². The summed E-state index contributed by atoms with van der Waals surface area (Å²) in [4.78, 5) is 0. The first-order chi connectivity index (χ1) is 9.18. The maximum absolute atomic E-state index is 5.55. The fraction of sp³-hybridized carbons (Fsp3) is 0.800. The first-order valence-corrected chi connectivity index (χ1v) is 7.54. The van der Waals surface area contributed by atoms with E-state index < -0.39 is 0 Å². The summed E-state index contributed by atoms with van der Waals surface area (Å²) in [5.74, 6) is 0. The Labute approximate surface area is 116 Å². The fourth-order valence-corrected chi connectivity index (χ4v) is 2.74. The van der Waals surface area contributed by atoms with E-state index in [2.05, 4.69) is 24.3 Å². The molecule has 0 bridgehead atoms. The van der Waals surface area contributed by atoms with Gasteiger partial charge in [-0.3, -0.25) is 4.68 Å². The SMILES string of the molecule is CC(C)OCCCCNC1CCCc2c1cnn2C. The molecule has 19 heavy (non-hydrogen) atoms. The normalized spacial score (nSPS) is 18.8. The second-order valence-electron chi connectivity index (χ2n) is 5.70. The highest BCUT2D eigenvalue weighted by Gasteiger charge is 2.22. The molecule has 1 aliphatic rings. The number of aromatic nitrogens is 2. The van der Waals surface area contributed by atoms with Crippen molar-refractivity contribution < 1.29 is 4.74 Å². The van der Waals surface area contributed by atoms with Gasteiger partial charge in [-0.25, -0.2) is 0 Å². The maximum atomic E-state index is 5.55. The lowest BCUT2D eigenvalue weighted by atomic mass is 9.93. The largest absolute Gasteiger partial charge is 0.379 e. The molecule has 0 spiro atoms. The zero-order valence-electron chi connectivity index (χ0n) is 12.5. The Bertz CT molecular complexity index is 387. The van der Waals surface area contributed by atoms with Crippen molar-refractivity contribution in [2.24, 2.45) is 7.05 Å². The molecular formula is C15H27N3O. The average Bonchev–Trinajstić information content (AvgIpc) is 2.76. The van der Waals surface area contributed by atoms with E-state index in [9.17, 15) is 0 Å². The number of ether oxygens (including phenoxy) is 1. The minimum Gasteiger partial charge on any atom is -0.379 e. The van der Waals surface area contributed by atoms with Gasteiger partial charge in [-0.15, -0.1) is 0 Å². The highest BCUT2D eigenvalue weighted by atomic mass is 16.5. The zero-order chi connectivity index (χ0) is 13.7. The van der Waals surface area contributed by atoms with Gasteiger partial charge in [-0.05, 0) is 52.5 Å². The van der Waals surface area contributed by atoms with Crippen molar-refractivity contribution in [2.45, 2.75) is 58.1 Å². The molecule has 0 aliphatic heterocycles. The van der Waals surface area contributed by atoms with Crippen LogP contribution in [0.25, 0.3) is 0 Å². The summed E-state index contributed by atoms with van der Waals surface area (Å²) in [5.41, 5.74) is 2.82. The number of nitrogens with zero attached hydrogens (tertiary/aromatic N) is 2. The third kappa shape index (κ3) is 4.05. The van der Waals surface area contributed by atoms with Crippen LogP contribution >= 0.6 is 0 Å². The van der Waals surface area contributed by atoms with Gasteiger partial charge in [0.05, 0.1) is 12.3 Å². The lowest BCUT2D eigenvalue weighted by Crippen LogP contribution is -2.26. The van der Waals surface area contributed by atoms with Crippen LogP contribution in [0.1, 0.15) is 56.8 Å². The van der Waals surface area contributed by atoms with Gasteiger partial charge in [0.1, 0.15) is 0 Å². The van der Waals surface area contributed by atoms with Gasteiger partial charge >= 0.3 is 0 Å². The molecule has 0 amide bonds. The molecule has 0 fully saturated rings. The Kier molecular flexibility index (Phi) is 5.40. The average molecular weight is 265 g/mol. The number of hydrogen-bond acceptors (Lipinski definition) is 3. The molecular weight excluding hydrogens is 238 g/mol. The van der Waals surface area contributed by atoms with Crippen LogP contribution < -0.4 is 5.32 Å². The van der Waals surface area contributed by atoms with E-state index in [1.54, 1.807) is 0 Å². The van der Waals surface area contributed by atoms with Gasteiger partial charge in [-0.2, -0.15) is 5.10 Å². The number of aryl methyl sites for hydroxylation is 1. The van der Waals surface area contributed by atoms with E-state index in [1.807, 2.05) is 17.9 Å². The summed E-state index contributed by atoms with van der Waals surface area (Å²) in [6.45, 7) is 6.12. The minimum atomic E-state index is 0.351. The molecule has 2 rings (SSSR count). The van der Waals surface area contributed by atoms with Crippen molar-refractivity contribution in [3.8, 4) is 0 Å². The molecule has 1 aromatic rings. The number of nitrogens with one attached hydrogen (secondary N) is 1. The molecule has 1 N–H and O–H groups in total. The van der Waals surface area contributed by atoms with Crippen LogP contribution in [0, 0.1) is 0 Å². The third-order valence-electron chi connectivity index (χ3n) is 3.79. The number of fused-ring (bicyclic) bond motifs is 1. The summed E-state index contributed by atoms with van der Waals surface area (Å²) in [6, 6.07) is 0.503. The van der Waals surface area contributed by atoms with Crippen LogP contribution in [0.15, 0.2) is 6.20 Å². The Morgan fingerprint density at radius 2 is 2.32 bits per heavy atom. The number of hydrogen-bond donors (Lipinski definition) is 1. The van der Waals surface area contributed by atoms with E-state index in [0.717, 1.165) is 19.6 Å². The fourth-order valence-electron chi connectivity index (χ4n) is 2.74. The second-order valence-corrected chi connectivity index (χ2v) is 5.70. The topological polar surface area (TPSA) is 39.1 Å². The van der Waals surface area contributed by atoms with Gasteiger partial charge in [0.25, 0.3) is 0 Å². The molecule has 0 aromatic carbocycles. The highest BCUT2D eigenvalue weighted by molar-refractivity contribution is 5.24. The second kappa shape index (κ2) is 7.06. The van der Waals surface area contributed by atoms with Crippen molar-refractivity contribution in [3.05, 3.63) is 17.5 Å². The van der Waals surface area contributed by atoms with Crippen LogP contribution in [0.4, 0.5) is 0 Å². The van der Waals surface area contributed by atoms with E-state index in [0.29, 0.717) is 12.1 Å². The lowest BCUT2D eigenvalue weighted by Gasteiger charge is -2.24. The number of unbranched alkanes of at least 4 members (excludes halogenated alkanes) is 1. The van der Waals surface area contributed by atoms with Crippen molar-refractivity contribution >= 4 is 0 Å². The summed E-state index contributed by atoms with van der Waals surface area (Å²) in [6.07, 6.45) is 8.38. The summed E-state index contributed by atoms with van der Waals surface area (Å²) in [5, 5.41) is 8.05. The van der Waals surface area contributed by atoms with Crippen molar-refractivity contribution in [2.75, 3.05) is 13.2 Å². The molecule has 4 heteroatoms. The molecule has 1 aromatic heterocycles. The summed E-state index contributed by atoms with van der Waals surface area (Å²) in [7, 11) is 2.05. The monoisotopic (exact) mass is 265 g/mol. The molecule has 1 atom stereocenters. The molecule has 1 aliphatic carbocycles. The Balaban J connectivity index is 1.70. The predicted octanol–water partition coefficient (Wildman–Crippen LogP) is 2.59. The first kappa shape index (κ1) is 14.5. The van der Waals surface area contributed by atoms with Gasteiger partial charge < -0.3 is 10.1 Å². The Hall–Kier alpha value is -0.870. The van der Waals surface area contributed by atoms with Gasteiger partial charge in [-0.1, -0.05) is 0 Å². The smallest absolute Gasteiger partial charge is 0.0540 e. The minimum absolute atomic E-state index is 0.351. The molecule has 1 unspecified atom stereocenters. The molecule has 0 saturated heterocycles. The van der Waals surface area contributed by atoms with E-state index in [-0.39, 0.29) is 0 Å². The van der Waals surface area contributed by atoms with Gasteiger partial charge in [0.15, 0.2) is 0 Å². The standard InChI is InChI=1S/C15H27N3O/c1-12(2)19-10-5-4-9-16-14-7-6-8-15-13(14)11-17-18(15)3/h11-12,14,16H,4-10H2,1-3H3. The molecule has 0 radical (unpaired) electrons. The lowest BCUT2D eigenvalue weighted by molar-refractivity contribution is 0.0759. The van der Waals surface area contributed by atoms with E-state index >= 15 is 0 Å². The number of rotatable bonds is 7. The molecule has 1 heterocycles. The highest BCUT2D eigenvalue weighted by Crippen LogP contribution is 2.28. The summed E-state index contributed by atoms with van der Waals surface area (Å²) >= 11 is 0. The van der Waals surface area contributed by atoms with Crippen LogP contribution in [-0.2, 0) is 18.2 Å². The molecule has 0 saturated carbocycles. The predicted molar refractivity (Wildman–Crippen MR) is 77.2 cm³/mol. The van der Waals surface area contributed by atoms with Gasteiger partial charge in [0.2, 0.25) is 0 Å². The van der Waals surface area contributed by atoms with E-state index in [4.69, 9.17) is 4.74 Å². The van der Waals surface area contributed by atoms with Crippen LogP contribution in [-0.4, -0.2) is 29.0 Å². The maximum Gasteiger partial charge on any atom is 0.0540 e. The quantitative estimate of drug-likeness (QED) is 0.770. The Morgan fingerprint density at radius 1 is 1.47 bits per heavy atom. The van der Waals surface area contributed by atoms with Crippen molar-refractivity contribution in [1.29, 1.82) is 0 Å². The molecule has 108 valence electrons. The van der Waals surface area contributed by atoms with Crippen molar-refractivity contribution in [1.82, 2.24) is 15.1 Å². The van der Waals surface area contributed by atoms with Crippen LogP contribution in [0.2, 0.25) is 0 Å². The van der Waals surface area contributed by atoms with Crippen molar-refractivity contribution in [3.63, 3.8) is 0 Å². The summed E-state index contributed by atoms with van der Waals surface area (Å²) < 4.78 is 7.58. The van der Waals surface area contributed by atoms with E-state index in [1.165, 1.54) is 36.9 Å². The van der Waals surface area contributed by atoms with Gasteiger partial charge in [0, 0.05) is 31.0 Å². The zero-order valence-corrected chi connectivity index (χ0v) is 12.5. The Morgan fingerprint density at radius 3 is 3.11 bits per heavy atom. The third-order valence-corrected chi connectivity index (χ3v) is 3.79. The van der Waals surface area contributed by atoms with Crippen LogP contribution in [0.3, 0.4) is 0 Å². The molecule has 4 nitrogen and oxygen atoms in total. The first-order valence-electron chi connectivity index (χ1n) is 7.54.